The summed E-state index contributed by atoms with van der Waals surface area (Å²) in [5.41, 5.74) is 2.24. The monoisotopic (exact) mass is 464 g/mol. The van der Waals surface area contributed by atoms with Gasteiger partial charge >= 0.3 is 0 Å². The summed E-state index contributed by atoms with van der Waals surface area (Å²) < 4.78 is 5.55. The molecule has 0 amide bonds. The first-order chi connectivity index (χ1) is 16.2. The summed E-state index contributed by atoms with van der Waals surface area (Å²) in [5, 5.41) is 9.34. The van der Waals surface area contributed by atoms with E-state index < -0.39 is 0 Å². The average Bonchev–Trinajstić information content (AvgIpc) is 2.87. The number of nitrogens with one attached hydrogen (secondary N) is 2. The number of aromatic nitrogens is 1. The van der Waals surface area contributed by atoms with E-state index in [1.807, 2.05) is 18.3 Å². The van der Waals surface area contributed by atoms with Gasteiger partial charge in [-0.3, -0.25) is 9.88 Å². The molecule has 1 aliphatic carbocycles. The van der Waals surface area contributed by atoms with Gasteiger partial charge in [-0.2, -0.15) is 0 Å². The lowest BCUT2D eigenvalue weighted by Gasteiger charge is -2.52. The van der Waals surface area contributed by atoms with E-state index in [1.54, 1.807) is 7.11 Å². The molecule has 33 heavy (non-hydrogen) atoms. The maximum absolute atomic E-state index is 5.89. The third kappa shape index (κ3) is 4.73. The topological polar surface area (TPSA) is 49.4 Å². The number of hydrogen-bond acceptors (Lipinski definition) is 4. The highest BCUT2D eigenvalue weighted by Gasteiger charge is 2.43. The summed E-state index contributed by atoms with van der Waals surface area (Å²) in [7, 11) is 1.72. The number of piperidine rings is 3. The van der Waals surface area contributed by atoms with Crippen LogP contribution in [0.3, 0.4) is 0 Å². The van der Waals surface area contributed by atoms with Crippen molar-refractivity contribution in [3.8, 4) is 5.75 Å². The summed E-state index contributed by atoms with van der Waals surface area (Å²) in [6.45, 7) is 6.34. The van der Waals surface area contributed by atoms with Crippen LogP contribution in [0.1, 0.15) is 56.6 Å². The van der Waals surface area contributed by atoms with Gasteiger partial charge in [-0.05, 0) is 86.1 Å². The summed E-state index contributed by atoms with van der Waals surface area (Å²) in [5.74, 6) is 2.15. The molecule has 1 aromatic carbocycles. The Labute approximate surface area is 203 Å². The zero-order valence-corrected chi connectivity index (χ0v) is 20.4. The fourth-order valence-corrected chi connectivity index (χ4v) is 6.56. The van der Waals surface area contributed by atoms with E-state index in [-0.39, 0.29) is 6.04 Å². The van der Waals surface area contributed by atoms with Gasteiger partial charge in [0.05, 0.1) is 18.7 Å². The third-order valence-electron chi connectivity index (χ3n) is 8.08. The number of hydrogen-bond donors (Lipinski definition) is 2. The van der Waals surface area contributed by atoms with Crippen LogP contribution in [0.4, 0.5) is 0 Å². The molecule has 4 heterocycles. The zero-order chi connectivity index (χ0) is 22.8. The average molecular weight is 465 g/mol. The lowest BCUT2D eigenvalue weighted by molar-refractivity contribution is 0.00426. The summed E-state index contributed by atoms with van der Waals surface area (Å²) in [6, 6.07) is 9.29. The minimum Gasteiger partial charge on any atom is -0.497 e. The van der Waals surface area contributed by atoms with Crippen LogP contribution >= 0.6 is 12.2 Å². The highest BCUT2D eigenvalue weighted by atomic mass is 32.1. The van der Waals surface area contributed by atoms with E-state index in [4.69, 9.17) is 17.0 Å². The van der Waals surface area contributed by atoms with Crippen LogP contribution in [0.15, 0.2) is 43.1 Å². The number of fused-ring (bicyclic) bond motifs is 4. The molecule has 1 saturated carbocycles. The number of thiocarbonyl (C=S) groups is 1. The largest absolute Gasteiger partial charge is 0.497 e. The van der Waals surface area contributed by atoms with E-state index in [0.29, 0.717) is 23.9 Å². The Morgan fingerprint density at radius 2 is 2.09 bits per heavy atom. The van der Waals surface area contributed by atoms with Crippen molar-refractivity contribution in [2.75, 3.05) is 20.2 Å². The Kier molecular flexibility index (Phi) is 6.84. The van der Waals surface area contributed by atoms with Crippen molar-refractivity contribution in [3.63, 3.8) is 0 Å². The van der Waals surface area contributed by atoms with Crippen molar-refractivity contribution in [2.45, 2.75) is 63.1 Å². The first-order valence-electron chi connectivity index (χ1n) is 12.5. The number of nitrogens with zero attached hydrogens (tertiary/aromatic N) is 2. The maximum atomic E-state index is 5.89. The Morgan fingerprint density at radius 1 is 1.24 bits per heavy atom. The Hall–Kier alpha value is -2.18. The maximum Gasteiger partial charge on any atom is 0.167 e. The highest BCUT2D eigenvalue weighted by molar-refractivity contribution is 7.80. The van der Waals surface area contributed by atoms with E-state index in [9.17, 15) is 0 Å². The molecule has 4 fully saturated rings. The van der Waals surface area contributed by atoms with Gasteiger partial charge in [0.25, 0.3) is 0 Å². The molecule has 2 N–H and O–H groups in total. The lowest BCUT2D eigenvalue weighted by atomic mass is 9.73. The first kappa shape index (κ1) is 22.6. The molecule has 4 unspecified atom stereocenters. The van der Waals surface area contributed by atoms with E-state index in [0.717, 1.165) is 41.3 Å². The molecule has 0 radical (unpaired) electrons. The Bertz CT molecular complexity index is 1000. The van der Waals surface area contributed by atoms with Crippen molar-refractivity contribution in [1.29, 1.82) is 0 Å². The van der Waals surface area contributed by atoms with Gasteiger partial charge in [0.1, 0.15) is 5.75 Å². The molecule has 0 spiro atoms. The molecule has 3 aliphatic heterocycles. The Morgan fingerprint density at radius 3 is 2.82 bits per heavy atom. The molecule has 176 valence electrons. The molecular formula is C27H36N4OS. The number of pyridine rings is 1. The van der Waals surface area contributed by atoms with Gasteiger partial charge in [0, 0.05) is 30.2 Å². The van der Waals surface area contributed by atoms with Gasteiger partial charge in [0.2, 0.25) is 0 Å². The lowest BCUT2D eigenvalue weighted by Crippen LogP contribution is -2.58. The van der Waals surface area contributed by atoms with Crippen molar-refractivity contribution in [2.24, 2.45) is 11.8 Å². The van der Waals surface area contributed by atoms with Gasteiger partial charge in [-0.1, -0.05) is 25.3 Å². The molecule has 6 rings (SSSR count). The quantitative estimate of drug-likeness (QED) is 0.465. The van der Waals surface area contributed by atoms with Crippen molar-refractivity contribution in [1.82, 2.24) is 20.5 Å². The fourth-order valence-electron chi connectivity index (χ4n) is 6.27. The van der Waals surface area contributed by atoms with E-state index >= 15 is 0 Å². The van der Waals surface area contributed by atoms with Crippen molar-refractivity contribution < 1.29 is 4.74 Å². The predicted molar refractivity (Wildman–Crippen MR) is 139 cm³/mol. The van der Waals surface area contributed by atoms with Crippen molar-refractivity contribution in [3.05, 3.63) is 48.7 Å². The van der Waals surface area contributed by atoms with Crippen LogP contribution in [-0.4, -0.2) is 47.3 Å². The van der Waals surface area contributed by atoms with Crippen LogP contribution in [0, 0.1) is 11.8 Å². The second-order valence-electron chi connectivity index (χ2n) is 9.96. The van der Waals surface area contributed by atoms with Gasteiger partial charge in [-0.25, -0.2) is 0 Å². The van der Waals surface area contributed by atoms with E-state index in [2.05, 4.69) is 45.3 Å². The van der Waals surface area contributed by atoms with Gasteiger partial charge in [-0.15, -0.1) is 6.58 Å². The molecule has 2 bridgehead atoms. The number of benzene rings is 1. The van der Waals surface area contributed by atoms with Crippen LogP contribution < -0.4 is 15.4 Å². The van der Waals surface area contributed by atoms with E-state index in [1.165, 1.54) is 44.1 Å². The second-order valence-corrected chi connectivity index (χ2v) is 10.4. The molecular weight excluding hydrogens is 428 g/mol. The third-order valence-corrected chi connectivity index (χ3v) is 8.32. The second kappa shape index (κ2) is 9.98. The normalized spacial score (nSPS) is 28.3. The predicted octanol–water partition coefficient (Wildman–Crippen LogP) is 4.98. The summed E-state index contributed by atoms with van der Waals surface area (Å²) >= 11 is 5.89. The zero-order valence-electron chi connectivity index (χ0n) is 19.6. The molecule has 4 aliphatic rings. The van der Waals surface area contributed by atoms with Crippen LogP contribution in [0.25, 0.3) is 10.9 Å². The highest BCUT2D eigenvalue weighted by Crippen LogP contribution is 2.42. The standard InChI is InChI=1S/C27H36N4OS/c1-3-18-17-31-14-12-19(18)15-25(31)26(30-27(33)29-20-7-5-4-6-8-20)22-11-13-28-24-10-9-21(32-2)16-23(22)24/h3,9-11,13,16,18-20,25-26H,1,4-8,12,14-15,17H2,2H3,(H2,29,30,33)/t18?,19?,25?,26-/m0/s1. The van der Waals surface area contributed by atoms with Crippen molar-refractivity contribution >= 4 is 28.2 Å². The SMILES string of the molecule is C=CC1CN2CCC1CC2[C@@H](NC(=S)NC1CCCCC1)c1ccnc2ccc(OC)cc12. The molecule has 3 saturated heterocycles. The fraction of sp³-hybridized carbons (Fsp3) is 0.556. The minimum absolute atomic E-state index is 0.0970. The first-order valence-corrected chi connectivity index (χ1v) is 12.9. The molecule has 6 heteroatoms. The molecule has 2 aromatic rings. The summed E-state index contributed by atoms with van der Waals surface area (Å²) in [4.78, 5) is 7.28. The number of ether oxygens (including phenoxy) is 1. The van der Waals surface area contributed by atoms with Crippen LogP contribution in [0.2, 0.25) is 0 Å². The van der Waals surface area contributed by atoms with Crippen LogP contribution in [0.5, 0.6) is 5.75 Å². The number of methoxy groups -OCH3 is 1. The smallest absolute Gasteiger partial charge is 0.167 e. The van der Waals surface area contributed by atoms with Crippen LogP contribution in [-0.2, 0) is 0 Å². The van der Waals surface area contributed by atoms with Gasteiger partial charge < -0.3 is 15.4 Å². The van der Waals surface area contributed by atoms with Gasteiger partial charge in [0.15, 0.2) is 5.11 Å². The number of rotatable bonds is 6. The molecule has 1 aromatic heterocycles. The molecule has 5 nitrogen and oxygen atoms in total. The molecule has 5 atom stereocenters. The Balaban J connectivity index is 1.47. The minimum atomic E-state index is 0.0970. The summed E-state index contributed by atoms with van der Waals surface area (Å²) in [6.07, 6.45) is 12.9.